The Bertz CT molecular complexity index is 817. The molecule has 110 valence electrons. The van der Waals surface area contributed by atoms with Crippen LogP contribution < -0.4 is 5.32 Å². The van der Waals surface area contributed by atoms with Crippen LogP contribution in [0.15, 0.2) is 36.4 Å². The molecular weight excluding hydrogens is 313 g/mol. The van der Waals surface area contributed by atoms with Gasteiger partial charge in [0, 0.05) is 12.1 Å². The maximum Gasteiger partial charge on any atom is 0.271 e. The van der Waals surface area contributed by atoms with Gasteiger partial charge in [0.15, 0.2) is 0 Å². The molecule has 0 fully saturated rings. The number of non-ortho nitro benzene ring substituents is 1. The van der Waals surface area contributed by atoms with Crippen LogP contribution in [0.2, 0.25) is 5.02 Å². The van der Waals surface area contributed by atoms with Crippen molar-refractivity contribution < 1.29 is 14.1 Å². The van der Waals surface area contributed by atoms with E-state index in [1.165, 1.54) is 18.2 Å². The van der Waals surface area contributed by atoms with Gasteiger partial charge in [-0.05, 0) is 24.3 Å². The molecule has 0 bridgehead atoms. The largest absolute Gasteiger partial charge is 0.321 e. The lowest BCUT2D eigenvalue weighted by Crippen LogP contribution is -2.14. The summed E-state index contributed by atoms with van der Waals surface area (Å²) in [5, 5.41) is 21.6. The van der Waals surface area contributed by atoms with E-state index in [4.69, 9.17) is 16.9 Å². The number of nitrogens with one attached hydrogen (secondary N) is 1. The third kappa shape index (κ3) is 3.19. The number of rotatable bonds is 3. The summed E-state index contributed by atoms with van der Waals surface area (Å²) in [4.78, 5) is 21.9. The Hall–Kier alpha value is -2.98. The molecule has 0 unspecified atom stereocenters. The summed E-state index contributed by atoms with van der Waals surface area (Å²) in [6.07, 6.45) is 0. The Morgan fingerprint density at radius 1 is 1.32 bits per heavy atom. The second-order valence-electron chi connectivity index (χ2n) is 4.18. The van der Waals surface area contributed by atoms with Crippen molar-refractivity contribution in [2.45, 2.75) is 0 Å². The fourth-order valence-corrected chi connectivity index (χ4v) is 1.90. The number of hydrogen-bond donors (Lipinski definition) is 1. The fraction of sp³-hybridized carbons (Fsp3) is 0. The summed E-state index contributed by atoms with van der Waals surface area (Å²) >= 11 is 5.84. The maximum absolute atomic E-state index is 13.7. The number of hydrogen-bond acceptors (Lipinski definition) is 4. The number of nitrogens with zero attached hydrogens (tertiary/aromatic N) is 2. The van der Waals surface area contributed by atoms with E-state index in [-0.39, 0.29) is 27.5 Å². The number of nitro groups is 1. The van der Waals surface area contributed by atoms with Crippen molar-refractivity contribution in [2.75, 3.05) is 5.32 Å². The van der Waals surface area contributed by atoms with Crippen molar-refractivity contribution in [3.63, 3.8) is 0 Å². The lowest BCUT2D eigenvalue weighted by atomic mass is 10.1. The van der Waals surface area contributed by atoms with Gasteiger partial charge in [-0.2, -0.15) is 5.26 Å². The smallest absolute Gasteiger partial charge is 0.271 e. The first-order valence-corrected chi connectivity index (χ1v) is 6.25. The molecule has 0 heterocycles. The molecule has 0 atom stereocenters. The first kappa shape index (κ1) is 15.4. The Kier molecular flexibility index (Phi) is 4.34. The summed E-state index contributed by atoms with van der Waals surface area (Å²) in [7, 11) is 0. The highest BCUT2D eigenvalue weighted by molar-refractivity contribution is 6.34. The zero-order chi connectivity index (χ0) is 16.3. The van der Waals surface area contributed by atoms with Crippen molar-refractivity contribution in [3.05, 3.63) is 68.5 Å². The van der Waals surface area contributed by atoms with E-state index in [0.717, 1.165) is 18.2 Å². The Balaban J connectivity index is 2.26. The molecule has 0 spiro atoms. The number of nitriles is 1. The van der Waals surface area contributed by atoms with E-state index in [1.807, 2.05) is 0 Å². The molecule has 6 nitrogen and oxygen atoms in total. The SMILES string of the molecule is N#Cc1ccc(C(=O)Nc2ccc([N+](=O)[O-])cc2Cl)c(F)c1. The number of anilines is 1. The minimum atomic E-state index is -0.852. The molecule has 0 saturated heterocycles. The monoisotopic (exact) mass is 319 g/mol. The lowest BCUT2D eigenvalue weighted by molar-refractivity contribution is -0.384. The molecule has 8 heteroatoms. The molecule has 2 rings (SSSR count). The van der Waals surface area contributed by atoms with E-state index in [9.17, 15) is 19.3 Å². The Labute approximate surface area is 128 Å². The van der Waals surface area contributed by atoms with Crippen molar-refractivity contribution >= 4 is 28.9 Å². The third-order valence-electron chi connectivity index (χ3n) is 2.75. The first-order chi connectivity index (χ1) is 10.4. The molecule has 0 aromatic heterocycles. The van der Waals surface area contributed by atoms with Crippen LogP contribution in [-0.2, 0) is 0 Å². The average molecular weight is 320 g/mol. The van der Waals surface area contributed by atoms with Crippen LogP contribution in [0.25, 0.3) is 0 Å². The number of nitro benzene ring substituents is 1. The molecule has 0 saturated carbocycles. The minimum absolute atomic E-state index is 0.0448. The van der Waals surface area contributed by atoms with Gasteiger partial charge in [-0.25, -0.2) is 4.39 Å². The van der Waals surface area contributed by atoms with Gasteiger partial charge in [-0.1, -0.05) is 11.6 Å². The molecule has 0 aliphatic rings. The van der Waals surface area contributed by atoms with Crippen molar-refractivity contribution in [1.82, 2.24) is 0 Å². The highest BCUT2D eigenvalue weighted by Crippen LogP contribution is 2.27. The van der Waals surface area contributed by atoms with Crippen LogP contribution in [0.5, 0.6) is 0 Å². The highest BCUT2D eigenvalue weighted by atomic mass is 35.5. The maximum atomic E-state index is 13.7. The Morgan fingerprint density at radius 3 is 2.59 bits per heavy atom. The van der Waals surface area contributed by atoms with Gasteiger partial charge in [0.25, 0.3) is 11.6 Å². The molecule has 22 heavy (non-hydrogen) atoms. The van der Waals surface area contributed by atoms with Crippen LogP contribution in [0.4, 0.5) is 15.8 Å². The van der Waals surface area contributed by atoms with Gasteiger partial charge >= 0.3 is 0 Å². The molecular formula is C14H7ClFN3O3. The zero-order valence-corrected chi connectivity index (χ0v) is 11.6. The molecule has 0 aliphatic heterocycles. The number of halogens is 2. The van der Waals surface area contributed by atoms with Gasteiger partial charge in [0.2, 0.25) is 0 Å². The van der Waals surface area contributed by atoms with Crippen molar-refractivity contribution in [1.29, 1.82) is 5.26 Å². The summed E-state index contributed by atoms with van der Waals surface area (Å²) in [5.74, 6) is -1.63. The Morgan fingerprint density at radius 2 is 2.05 bits per heavy atom. The normalized spacial score (nSPS) is 9.86. The van der Waals surface area contributed by atoms with Crippen LogP contribution in [0.3, 0.4) is 0 Å². The summed E-state index contributed by atoms with van der Waals surface area (Å²) < 4.78 is 13.7. The van der Waals surface area contributed by atoms with Gasteiger partial charge in [0.05, 0.1) is 32.8 Å². The minimum Gasteiger partial charge on any atom is -0.321 e. The zero-order valence-electron chi connectivity index (χ0n) is 10.8. The van der Waals surface area contributed by atoms with E-state index < -0.39 is 16.6 Å². The highest BCUT2D eigenvalue weighted by Gasteiger charge is 2.15. The van der Waals surface area contributed by atoms with Crippen molar-refractivity contribution in [3.8, 4) is 6.07 Å². The fourth-order valence-electron chi connectivity index (χ4n) is 1.68. The summed E-state index contributed by atoms with van der Waals surface area (Å²) in [6.45, 7) is 0. The van der Waals surface area contributed by atoms with Crippen LogP contribution in [0.1, 0.15) is 15.9 Å². The number of carbonyl (C=O) groups excluding carboxylic acids is 1. The van der Waals surface area contributed by atoms with Crippen LogP contribution >= 0.6 is 11.6 Å². The molecule has 2 aromatic carbocycles. The predicted octanol–water partition coefficient (Wildman–Crippen LogP) is 3.51. The third-order valence-corrected chi connectivity index (χ3v) is 3.07. The molecule has 0 aliphatic carbocycles. The van der Waals surface area contributed by atoms with Gasteiger partial charge in [-0.15, -0.1) is 0 Å². The summed E-state index contributed by atoms with van der Waals surface area (Å²) in [6, 6.07) is 8.65. The molecule has 0 radical (unpaired) electrons. The van der Waals surface area contributed by atoms with Crippen LogP contribution in [-0.4, -0.2) is 10.8 Å². The number of amides is 1. The first-order valence-electron chi connectivity index (χ1n) is 5.87. The standard InChI is InChI=1S/C14H7ClFN3O3/c15-11-6-9(19(21)22)2-4-13(11)18-14(20)10-3-1-8(7-17)5-12(10)16/h1-6H,(H,18,20). The van der Waals surface area contributed by atoms with Gasteiger partial charge in [-0.3, -0.25) is 14.9 Å². The van der Waals surface area contributed by atoms with Crippen molar-refractivity contribution in [2.24, 2.45) is 0 Å². The van der Waals surface area contributed by atoms with E-state index in [1.54, 1.807) is 6.07 Å². The predicted molar refractivity (Wildman–Crippen MR) is 77.2 cm³/mol. The molecule has 1 amide bonds. The summed E-state index contributed by atoms with van der Waals surface area (Å²) in [5.41, 5.74) is -0.301. The number of benzene rings is 2. The second kappa shape index (κ2) is 6.20. The van der Waals surface area contributed by atoms with Gasteiger partial charge < -0.3 is 5.32 Å². The topological polar surface area (TPSA) is 96.0 Å². The lowest BCUT2D eigenvalue weighted by Gasteiger charge is -2.08. The van der Waals surface area contributed by atoms with Crippen LogP contribution in [0, 0.1) is 27.3 Å². The molecule has 2 aromatic rings. The number of carbonyl (C=O) groups is 1. The quantitative estimate of drug-likeness (QED) is 0.691. The van der Waals surface area contributed by atoms with Gasteiger partial charge in [0.1, 0.15) is 5.82 Å². The average Bonchev–Trinajstić information content (AvgIpc) is 2.48. The van der Waals surface area contributed by atoms with E-state index in [2.05, 4.69) is 5.32 Å². The van der Waals surface area contributed by atoms with E-state index in [0.29, 0.717) is 0 Å². The van der Waals surface area contributed by atoms with E-state index >= 15 is 0 Å². The molecule has 1 N–H and O–H groups in total. The second-order valence-corrected chi connectivity index (χ2v) is 4.59.